The standard InChI is InChI=1S/C16H15N5O3S/c1-10-3-8-13(25(2,23)24)9-14(10)16(22)17-12-6-4-11(5-7-12)15-18-20-21-19-15/h3-9H,1-2H3,(H,17,22)(H,18,19,20,21). The molecule has 0 atom stereocenters. The van der Waals surface area contributed by atoms with Crippen LogP contribution in [0, 0.1) is 6.92 Å². The van der Waals surface area contributed by atoms with Crippen LogP contribution in [0.1, 0.15) is 15.9 Å². The number of carbonyl (C=O) groups is 1. The fourth-order valence-electron chi connectivity index (χ4n) is 2.26. The summed E-state index contributed by atoms with van der Waals surface area (Å²) in [5.41, 5.74) is 2.32. The van der Waals surface area contributed by atoms with Gasteiger partial charge in [-0.25, -0.2) is 8.42 Å². The number of rotatable bonds is 4. The van der Waals surface area contributed by atoms with E-state index in [0.29, 0.717) is 22.6 Å². The molecule has 9 heteroatoms. The number of hydrogen-bond donors (Lipinski definition) is 2. The van der Waals surface area contributed by atoms with Crippen molar-refractivity contribution in [1.82, 2.24) is 20.6 Å². The molecule has 0 unspecified atom stereocenters. The summed E-state index contributed by atoms with van der Waals surface area (Å²) in [6.45, 7) is 1.75. The summed E-state index contributed by atoms with van der Waals surface area (Å²) in [5.74, 6) is 0.0740. The van der Waals surface area contributed by atoms with E-state index in [0.717, 1.165) is 11.8 Å². The minimum Gasteiger partial charge on any atom is -0.322 e. The number of nitrogens with one attached hydrogen (secondary N) is 2. The van der Waals surface area contributed by atoms with Gasteiger partial charge in [0, 0.05) is 23.1 Å². The third-order valence-corrected chi connectivity index (χ3v) is 4.74. The molecule has 0 saturated carbocycles. The van der Waals surface area contributed by atoms with Crippen LogP contribution in [0.5, 0.6) is 0 Å². The van der Waals surface area contributed by atoms with Gasteiger partial charge in [0.1, 0.15) is 0 Å². The number of hydrogen-bond acceptors (Lipinski definition) is 6. The number of aromatic amines is 1. The summed E-state index contributed by atoms with van der Waals surface area (Å²) in [6, 6.07) is 11.4. The van der Waals surface area contributed by atoms with Crippen molar-refractivity contribution in [3.05, 3.63) is 53.6 Å². The monoisotopic (exact) mass is 357 g/mol. The average molecular weight is 357 g/mol. The molecule has 0 fully saturated rings. The first-order valence-electron chi connectivity index (χ1n) is 7.30. The number of carbonyl (C=O) groups excluding carboxylic acids is 1. The van der Waals surface area contributed by atoms with Gasteiger partial charge in [0.05, 0.1) is 4.90 Å². The van der Waals surface area contributed by atoms with Crippen molar-refractivity contribution in [1.29, 1.82) is 0 Å². The van der Waals surface area contributed by atoms with Crippen molar-refractivity contribution in [2.24, 2.45) is 0 Å². The van der Waals surface area contributed by atoms with Crippen molar-refractivity contribution >= 4 is 21.4 Å². The van der Waals surface area contributed by atoms with Crippen LogP contribution in [0.3, 0.4) is 0 Å². The van der Waals surface area contributed by atoms with E-state index in [4.69, 9.17) is 0 Å². The van der Waals surface area contributed by atoms with Gasteiger partial charge in [0.15, 0.2) is 9.84 Å². The number of sulfone groups is 1. The lowest BCUT2D eigenvalue weighted by atomic mass is 10.1. The van der Waals surface area contributed by atoms with Crippen molar-refractivity contribution in [2.45, 2.75) is 11.8 Å². The smallest absolute Gasteiger partial charge is 0.255 e. The minimum atomic E-state index is -3.38. The van der Waals surface area contributed by atoms with E-state index >= 15 is 0 Å². The number of aryl methyl sites for hydroxylation is 1. The topological polar surface area (TPSA) is 118 Å². The van der Waals surface area contributed by atoms with E-state index < -0.39 is 9.84 Å². The molecule has 0 spiro atoms. The van der Waals surface area contributed by atoms with E-state index in [1.54, 1.807) is 37.3 Å². The Labute approximate surface area is 144 Å². The highest BCUT2D eigenvalue weighted by atomic mass is 32.2. The third kappa shape index (κ3) is 3.72. The molecule has 2 aromatic carbocycles. The van der Waals surface area contributed by atoms with E-state index in [-0.39, 0.29) is 10.8 Å². The van der Waals surface area contributed by atoms with E-state index in [1.807, 2.05) is 0 Å². The Kier molecular flexibility index (Phi) is 4.32. The summed E-state index contributed by atoms with van der Waals surface area (Å²) >= 11 is 0. The third-order valence-electron chi connectivity index (χ3n) is 3.63. The van der Waals surface area contributed by atoms with Gasteiger partial charge in [-0.05, 0) is 54.1 Å². The Morgan fingerprint density at radius 3 is 2.44 bits per heavy atom. The number of aromatic nitrogens is 4. The van der Waals surface area contributed by atoms with Crippen LogP contribution in [0.15, 0.2) is 47.4 Å². The van der Waals surface area contributed by atoms with Crippen LogP contribution in [-0.4, -0.2) is 41.2 Å². The highest BCUT2D eigenvalue weighted by Crippen LogP contribution is 2.20. The Morgan fingerprint density at radius 2 is 1.84 bits per heavy atom. The van der Waals surface area contributed by atoms with Gasteiger partial charge in [-0.2, -0.15) is 5.21 Å². The zero-order valence-corrected chi connectivity index (χ0v) is 14.3. The Morgan fingerprint density at radius 1 is 1.12 bits per heavy atom. The fourth-order valence-corrected chi connectivity index (χ4v) is 2.91. The molecule has 0 radical (unpaired) electrons. The Balaban J connectivity index is 1.83. The number of benzene rings is 2. The molecule has 8 nitrogen and oxygen atoms in total. The Bertz CT molecular complexity index is 1010. The van der Waals surface area contributed by atoms with Crippen molar-refractivity contribution in [2.75, 3.05) is 11.6 Å². The summed E-state index contributed by atoms with van der Waals surface area (Å²) in [5, 5.41) is 16.4. The van der Waals surface area contributed by atoms with Gasteiger partial charge in [0.2, 0.25) is 5.82 Å². The lowest BCUT2D eigenvalue weighted by molar-refractivity contribution is 0.102. The predicted molar refractivity (Wildman–Crippen MR) is 91.9 cm³/mol. The first-order valence-corrected chi connectivity index (χ1v) is 9.20. The minimum absolute atomic E-state index is 0.107. The summed E-state index contributed by atoms with van der Waals surface area (Å²) in [6.07, 6.45) is 1.11. The fraction of sp³-hybridized carbons (Fsp3) is 0.125. The van der Waals surface area contributed by atoms with E-state index in [9.17, 15) is 13.2 Å². The number of nitrogens with zero attached hydrogens (tertiary/aromatic N) is 3. The number of anilines is 1. The first-order chi connectivity index (χ1) is 11.8. The maximum Gasteiger partial charge on any atom is 0.255 e. The van der Waals surface area contributed by atoms with Gasteiger partial charge >= 0.3 is 0 Å². The van der Waals surface area contributed by atoms with Crippen molar-refractivity contribution in [3.63, 3.8) is 0 Å². The van der Waals surface area contributed by atoms with Crippen molar-refractivity contribution < 1.29 is 13.2 Å². The van der Waals surface area contributed by atoms with E-state index in [2.05, 4.69) is 25.9 Å². The molecule has 0 aliphatic heterocycles. The number of amides is 1. The number of H-pyrrole nitrogens is 1. The summed E-state index contributed by atoms with van der Waals surface area (Å²) < 4.78 is 23.4. The van der Waals surface area contributed by atoms with Gasteiger partial charge < -0.3 is 5.32 Å². The van der Waals surface area contributed by atoms with Crippen molar-refractivity contribution in [3.8, 4) is 11.4 Å². The molecule has 2 N–H and O–H groups in total. The average Bonchev–Trinajstić information content (AvgIpc) is 3.09. The highest BCUT2D eigenvalue weighted by Gasteiger charge is 2.15. The molecule has 128 valence electrons. The van der Waals surface area contributed by atoms with Gasteiger partial charge in [-0.1, -0.05) is 6.07 Å². The normalized spacial score (nSPS) is 11.3. The first kappa shape index (κ1) is 16.8. The molecule has 0 saturated heterocycles. The van der Waals surface area contributed by atoms with E-state index in [1.165, 1.54) is 12.1 Å². The Hall–Kier alpha value is -3.07. The SMILES string of the molecule is Cc1ccc(S(C)(=O)=O)cc1C(=O)Nc1ccc(-c2nn[nH]n2)cc1. The van der Waals surface area contributed by atoms with Crippen LogP contribution in [0.4, 0.5) is 5.69 Å². The maximum absolute atomic E-state index is 12.5. The molecule has 1 heterocycles. The second-order valence-electron chi connectivity index (χ2n) is 5.52. The molecular weight excluding hydrogens is 342 g/mol. The molecule has 0 aliphatic carbocycles. The highest BCUT2D eigenvalue weighted by molar-refractivity contribution is 7.90. The predicted octanol–water partition coefficient (Wildman–Crippen LogP) is 1.83. The second kappa shape index (κ2) is 6.44. The molecule has 3 aromatic rings. The van der Waals surface area contributed by atoms with Crippen LogP contribution in [0.25, 0.3) is 11.4 Å². The van der Waals surface area contributed by atoms with Crippen LogP contribution < -0.4 is 5.32 Å². The van der Waals surface area contributed by atoms with Gasteiger partial charge in [-0.15, -0.1) is 10.2 Å². The lowest BCUT2D eigenvalue weighted by Gasteiger charge is -2.09. The second-order valence-corrected chi connectivity index (χ2v) is 7.53. The maximum atomic E-state index is 12.5. The van der Waals surface area contributed by atoms with Gasteiger partial charge in [0.25, 0.3) is 5.91 Å². The zero-order chi connectivity index (χ0) is 18.0. The molecule has 0 aliphatic rings. The summed E-state index contributed by atoms with van der Waals surface area (Å²) in [7, 11) is -3.38. The number of tetrazole rings is 1. The van der Waals surface area contributed by atoms with Crippen LogP contribution in [0.2, 0.25) is 0 Å². The lowest BCUT2D eigenvalue weighted by Crippen LogP contribution is -2.14. The molecule has 25 heavy (non-hydrogen) atoms. The van der Waals surface area contributed by atoms with Crippen LogP contribution >= 0.6 is 0 Å². The molecule has 1 aromatic heterocycles. The van der Waals surface area contributed by atoms with Gasteiger partial charge in [-0.3, -0.25) is 4.79 Å². The quantitative estimate of drug-likeness (QED) is 0.735. The van der Waals surface area contributed by atoms with Crippen LogP contribution in [-0.2, 0) is 9.84 Å². The zero-order valence-electron chi connectivity index (χ0n) is 13.5. The molecule has 1 amide bonds. The summed E-state index contributed by atoms with van der Waals surface area (Å²) in [4.78, 5) is 12.6. The largest absolute Gasteiger partial charge is 0.322 e. The molecular formula is C16H15N5O3S. The molecule has 0 bridgehead atoms. The molecule has 3 rings (SSSR count).